The molecule has 66 valence electrons. The average Bonchev–Trinajstić information content (AvgIpc) is 2.06. The molecule has 1 nitrogen and oxygen atoms in total. The van der Waals surface area contributed by atoms with Gasteiger partial charge in [-0.2, -0.15) is 0 Å². The van der Waals surface area contributed by atoms with E-state index in [0.29, 0.717) is 27.1 Å². The van der Waals surface area contributed by atoms with Crippen molar-refractivity contribution in [2.75, 3.05) is 6.61 Å². The minimum absolute atomic E-state index is 0.0137. The molecule has 0 unspecified atom stereocenters. The first-order chi connectivity index (χ1) is 5.66. The van der Waals surface area contributed by atoms with Crippen molar-refractivity contribution in [3.63, 3.8) is 0 Å². The van der Waals surface area contributed by atoms with Crippen LogP contribution in [0.2, 0.25) is 15.1 Å². The van der Waals surface area contributed by atoms with E-state index in [1.165, 1.54) is 0 Å². The van der Waals surface area contributed by atoms with Gasteiger partial charge in [-0.1, -0.05) is 34.8 Å². The van der Waals surface area contributed by atoms with Crippen LogP contribution < -0.4 is 0 Å². The van der Waals surface area contributed by atoms with Gasteiger partial charge in [-0.05, 0) is 24.1 Å². The highest BCUT2D eigenvalue weighted by Gasteiger charge is 2.08. The van der Waals surface area contributed by atoms with E-state index in [-0.39, 0.29) is 6.61 Å². The molecule has 1 aromatic rings. The van der Waals surface area contributed by atoms with E-state index in [4.69, 9.17) is 39.9 Å². The lowest BCUT2D eigenvalue weighted by atomic mass is 10.1. The van der Waals surface area contributed by atoms with Gasteiger partial charge in [0.05, 0.1) is 10.0 Å². The van der Waals surface area contributed by atoms with Gasteiger partial charge in [0, 0.05) is 11.6 Å². The molecular formula is C8H7Cl3O. The van der Waals surface area contributed by atoms with Crippen LogP contribution in [0.15, 0.2) is 12.1 Å². The fourth-order valence-electron chi connectivity index (χ4n) is 0.910. The first-order valence-electron chi connectivity index (χ1n) is 3.40. The highest BCUT2D eigenvalue weighted by molar-refractivity contribution is 6.44. The third-order valence-electron chi connectivity index (χ3n) is 1.50. The third kappa shape index (κ3) is 2.05. The van der Waals surface area contributed by atoms with Crippen molar-refractivity contribution >= 4 is 34.8 Å². The fourth-order valence-corrected chi connectivity index (χ4v) is 1.65. The van der Waals surface area contributed by atoms with Gasteiger partial charge in [0.2, 0.25) is 0 Å². The summed E-state index contributed by atoms with van der Waals surface area (Å²) in [6.45, 7) is 0.0137. The summed E-state index contributed by atoms with van der Waals surface area (Å²) in [7, 11) is 0. The molecular weight excluding hydrogens is 218 g/mol. The topological polar surface area (TPSA) is 20.2 Å². The largest absolute Gasteiger partial charge is 0.396 e. The van der Waals surface area contributed by atoms with E-state index in [2.05, 4.69) is 0 Å². The molecule has 0 amide bonds. The minimum atomic E-state index is 0.0137. The molecule has 0 aliphatic carbocycles. The number of rotatable bonds is 2. The van der Waals surface area contributed by atoms with Crippen LogP contribution in [-0.4, -0.2) is 11.7 Å². The van der Waals surface area contributed by atoms with E-state index >= 15 is 0 Å². The zero-order chi connectivity index (χ0) is 9.14. The first kappa shape index (κ1) is 10.1. The summed E-state index contributed by atoms with van der Waals surface area (Å²) < 4.78 is 0. The Morgan fingerprint density at radius 2 is 1.67 bits per heavy atom. The van der Waals surface area contributed by atoms with Crippen LogP contribution in [0.3, 0.4) is 0 Å². The monoisotopic (exact) mass is 224 g/mol. The van der Waals surface area contributed by atoms with E-state index < -0.39 is 0 Å². The van der Waals surface area contributed by atoms with Gasteiger partial charge in [0.1, 0.15) is 0 Å². The molecule has 0 saturated heterocycles. The number of aliphatic hydroxyl groups is 1. The quantitative estimate of drug-likeness (QED) is 0.767. The summed E-state index contributed by atoms with van der Waals surface area (Å²) in [6.07, 6.45) is 0.429. The maximum atomic E-state index is 8.70. The molecule has 0 spiro atoms. The average molecular weight is 226 g/mol. The number of hydrogen-bond donors (Lipinski definition) is 1. The third-order valence-corrected chi connectivity index (χ3v) is 2.70. The fraction of sp³-hybridized carbons (Fsp3) is 0.250. The van der Waals surface area contributed by atoms with Gasteiger partial charge in [-0.15, -0.1) is 0 Å². The van der Waals surface area contributed by atoms with Gasteiger partial charge in [-0.25, -0.2) is 0 Å². The Labute approximate surface area is 85.9 Å². The summed E-state index contributed by atoms with van der Waals surface area (Å²) >= 11 is 17.4. The Morgan fingerprint density at radius 1 is 1.08 bits per heavy atom. The van der Waals surface area contributed by atoms with Crippen molar-refractivity contribution in [1.29, 1.82) is 0 Å². The van der Waals surface area contributed by atoms with Crippen LogP contribution in [0.1, 0.15) is 5.56 Å². The molecule has 0 aliphatic rings. The lowest BCUT2D eigenvalue weighted by Crippen LogP contribution is -1.93. The van der Waals surface area contributed by atoms with E-state index in [1.807, 2.05) is 0 Å². The van der Waals surface area contributed by atoms with Gasteiger partial charge in [0.15, 0.2) is 0 Å². The molecule has 0 saturated carbocycles. The van der Waals surface area contributed by atoms with Crippen molar-refractivity contribution in [3.8, 4) is 0 Å². The summed E-state index contributed by atoms with van der Waals surface area (Å²) in [5.74, 6) is 0. The predicted octanol–water partition coefficient (Wildman–Crippen LogP) is 3.18. The Balaban J connectivity index is 3.14. The molecule has 0 aromatic heterocycles. The summed E-state index contributed by atoms with van der Waals surface area (Å²) in [5, 5.41) is 10.1. The van der Waals surface area contributed by atoms with Crippen LogP contribution in [0.5, 0.6) is 0 Å². The van der Waals surface area contributed by atoms with Crippen LogP contribution >= 0.6 is 34.8 Å². The number of benzene rings is 1. The minimum Gasteiger partial charge on any atom is -0.396 e. The molecule has 1 N–H and O–H groups in total. The molecule has 1 aromatic carbocycles. The number of halogens is 3. The number of aliphatic hydroxyl groups excluding tert-OH is 1. The van der Waals surface area contributed by atoms with E-state index in [1.54, 1.807) is 12.1 Å². The van der Waals surface area contributed by atoms with Gasteiger partial charge < -0.3 is 5.11 Å². The zero-order valence-electron chi connectivity index (χ0n) is 6.15. The van der Waals surface area contributed by atoms with Gasteiger partial charge >= 0.3 is 0 Å². The second-order valence-electron chi connectivity index (χ2n) is 2.30. The summed E-state index contributed by atoms with van der Waals surface area (Å²) in [6, 6.07) is 3.30. The Morgan fingerprint density at radius 3 is 2.25 bits per heavy atom. The molecule has 0 bridgehead atoms. The SMILES string of the molecule is OCCc1c(Cl)ccc(Cl)c1Cl. The van der Waals surface area contributed by atoms with Crippen LogP contribution in [-0.2, 0) is 6.42 Å². The standard InChI is InChI=1S/C8H7Cl3O/c9-6-1-2-7(10)8(11)5(6)3-4-12/h1-2,12H,3-4H2. The van der Waals surface area contributed by atoms with Crippen LogP contribution in [0, 0.1) is 0 Å². The maximum Gasteiger partial charge on any atom is 0.0640 e. The van der Waals surface area contributed by atoms with Crippen LogP contribution in [0.25, 0.3) is 0 Å². The molecule has 0 heterocycles. The maximum absolute atomic E-state index is 8.70. The molecule has 1 rings (SSSR count). The second kappa shape index (κ2) is 4.33. The van der Waals surface area contributed by atoms with E-state index in [0.717, 1.165) is 0 Å². The van der Waals surface area contributed by atoms with Crippen molar-refractivity contribution in [3.05, 3.63) is 32.8 Å². The lowest BCUT2D eigenvalue weighted by molar-refractivity contribution is 0.299. The zero-order valence-corrected chi connectivity index (χ0v) is 8.42. The smallest absolute Gasteiger partial charge is 0.0640 e. The van der Waals surface area contributed by atoms with Gasteiger partial charge in [-0.3, -0.25) is 0 Å². The van der Waals surface area contributed by atoms with Crippen molar-refractivity contribution < 1.29 is 5.11 Å². The summed E-state index contributed by atoms with van der Waals surface area (Å²) in [4.78, 5) is 0. The number of hydrogen-bond acceptors (Lipinski definition) is 1. The lowest BCUT2D eigenvalue weighted by Gasteiger charge is -2.05. The molecule has 4 heteroatoms. The molecule has 0 radical (unpaired) electrons. The van der Waals surface area contributed by atoms with Crippen LogP contribution in [0.4, 0.5) is 0 Å². The molecule has 0 fully saturated rings. The van der Waals surface area contributed by atoms with Crippen molar-refractivity contribution in [2.45, 2.75) is 6.42 Å². The molecule has 0 aliphatic heterocycles. The second-order valence-corrected chi connectivity index (χ2v) is 3.49. The van der Waals surface area contributed by atoms with Crippen molar-refractivity contribution in [1.82, 2.24) is 0 Å². The Hall–Kier alpha value is 0.0500. The Kier molecular flexibility index (Phi) is 3.66. The van der Waals surface area contributed by atoms with Crippen molar-refractivity contribution in [2.24, 2.45) is 0 Å². The highest BCUT2D eigenvalue weighted by Crippen LogP contribution is 2.31. The first-order valence-corrected chi connectivity index (χ1v) is 4.53. The highest BCUT2D eigenvalue weighted by atomic mass is 35.5. The van der Waals surface area contributed by atoms with Gasteiger partial charge in [0.25, 0.3) is 0 Å². The van der Waals surface area contributed by atoms with E-state index in [9.17, 15) is 0 Å². The Bertz CT molecular complexity index is 286. The molecule has 0 atom stereocenters. The molecule has 12 heavy (non-hydrogen) atoms. The predicted molar refractivity (Wildman–Crippen MR) is 52.3 cm³/mol. The summed E-state index contributed by atoms with van der Waals surface area (Å²) in [5.41, 5.74) is 0.702. The normalized spacial score (nSPS) is 10.3.